The molecule has 570 valence electrons. The number of rotatable bonds is 0. The van der Waals surface area contributed by atoms with Crippen LogP contribution in [0.3, 0.4) is 0 Å². The highest BCUT2D eigenvalue weighted by atomic mass is 16.0. The first kappa shape index (κ1) is 39.2. The summed E-state index contributed by atoms with van der Waals surface area (Å²) in [6, 6.07) is 0. The highest BCUT2D eigenvalue weighted by Gasteiger charge is 3.94. The van der Waals surface area contributed by atoms with Gasteiger partial charge in [0.1, 0.15) is 0 Å². The number of hydrogen-bond acceptors (Lipinski definition) is 0. The molecule has 130 heavy (non-hydrogen) atoms. The second kappa shape index (κ2) is 5.23. The largest absolute Gasteiger partial charge is 0.0461 e. The average Bonchev–Trinajstić information content (AvgIpc) is 0.510. The van der Waals surface area contributed by atoms with Crippen LogP contribution in [0.25, 0.3) is 0 Å². The SMILES string of the molecule is C1C2C3C4C5C6C7CC8C9C%10%11CCC%12%13CC%14C%15C%16C%17C%18C%19C%20C%21C%22C%23C%24C%25C%26CC%27C%28C%29C%30C%31C%32C1C21C2C%33C%34C%35C%36C3%37C43C4C5%38C65C6C78C97C68C56C%385C49C34C%373C%36%37C%35%36C%34%35C%33%34C2%33C%321C%311C%302C%29%30C%28%29C%27%26C%25%26C%24%25C%23%24C%22%23C%21%22C%20%21C%19%20C%18%19C%17%18C%16%17C%15%16C%14%12C%12%14C%13C%13C%10C%10%15C%13%12C%12%13C%14%16C%17%14C%18%16C%19%17C%20%18C%21%19C%22%20C%23%21C%24%22C%25%23C%29%26C%30%24C2%25C1%33C%341C%352C%36%26C%37%27C3%28C43C94C59C65C8(C%117%10)C%15%12C56C%13%14C%165C%177C%188C%19%10C%20%11C%21%12C%22%13C%24%23C%251C2%13C%26%12C%27%11C%28%10C38C47C965. The van der Waals surface area contributed by atoms with Gasteiger partial charge in [0.15, 0.2) is 0 Å². The van der Waals surface area contributed by atoms with Crippen LogP contribution in [0.4, 0.5) is 0 Å². The van der Waals surface area contributed by atoms with E-state index in [0.717, 1.165) is 287 Å². The average molecular weight is 1610 g/mol. The minimum absolute atomic E-state index is 1.01. The lowest BCUT2D eigenvalue weighted by Crippen LogP contribution is -3.79. The Bertz CT molecular complexity index is 11800. The van der Waals surface area contributed by atoms with Crippen molar-refractivity contribution in [2.45, 2.75) is 38.5 Å². The molecule has 0 heteroatoms. The summed E-state index contributed by atoms with van der Waals surface area (Å²) in [6.45, 7) is 0. The molecule has 106 aliphatic rings. The van der Waals surface area contributed by atoms with E-state index in [-0.39, 0.29) is 0 Å². The number of hydrogen-bond donors (Lipinski definition) is 0. The van der Waals surface area contributed by atoms with Gasteiger partial charge in [-0.3, -0.25) is 0 Å². The van der Waals surface area contributed by atoms with Gasteiger partial charge in [0.2, 0.25) is 0 Å². The third-order valence-corrected chi connectivity index (χ3v) is 125. The molecule has 124 unspecified atom stereocenters. The molecule has 0 saturated heterocycles. The van der Waals surface area contributed by atoms with E-state index in [4.69, 9.17) is 0 Å². The molecule has 106 aliphatic carbocycles. The second-order valence-electron chi connectivity index (χ2n) is 89.3. The van der Waals surface area contributed by atoms with Gasteiger partial charge < -0.3 is 0 Å². The smallest absolute Gasteiger partial charge is 0.00000117 e. The zero-order valence-electron chi connectivity index (χ0n) is 69.2. The van der Waals surface area contributed by atoms with Crippen molar-refractivity contribution in [1.29, 1.82) is 0 Å². The molecule has 0 nitrogen and oxygen atoms in total. The summed E-state index contributed by atoms with van der Waals surface area (Å²) >= 11 is 0. The second-order valence-corrected chi connectivity index (χ2v) is 89.3. The van der Waals surface area contributed by atoms with Gasteiger partial charge in [-0.05, 0) is 729 Å². The van der Waals surface area contributed by atoms with Crippen LogP contribution in [0.2, 0.25) is 0 Å². The maximum absolute atomic E-state index is 2.10. The Hall–Kier alpha value is 0. The van der Waals surface area contributed by atoms with Gasteiger partial charge in [-0.15, -0.1) is 0 Å². The summed E-state index contributed by atoms with van der Waals surface area (Å²) in [5.74, 6) is 56.2. The predicted molar refractivity (Wildman–Crippen MR) is 405 cm³/mol. The van der Waals surface area contributed by atoms with Crippen LogP contribution in [0, 0.1) is 691 Å². The summed E-state index contributed by atoms with van der Waals surface area (Å²) in [5.41, 5.74) is 98.7. The monoisotopic (exact) mass is 1610 g/mol. The molecule has 106 rings (SSSR count). The fourth-order valence-corrected chi connectivity index (χ4v) is 168. The molecule has 124 atom stereocenters. The molecule has 0 N–H and O–H groups in total. The van der Waals surface area contributed by atoms with Gasteiger partial charge in [-0.25, -0.2) is 0 Å². The zero-order chi connectivity index (χ0) is 69.2. The third-order valence-electron chi connectivity index (χ3n) is 125. The molecule has 106 fully saturated rings. The van der Waals surface area contributed by atoms with Crippen LogP contribution in [0.15, 0.2) is 0 Å². The first-order chi connectivity index (χ1) is 64.7. The van der Waals surface area contributed by atoms with Crippen LogP contribution in [-0.4, -0.2) is 0 Å². The van der Waals surface area contributed by atoms with Crippen molar-refractivity contribution in [2.75, 3.05) is 0 Å². The fourth-order valence-electron chi connectivity index (χ4n) is 168. The Balaban J connectivity index is 0.551. The molecule has 106 saturated carbocycles. The Morgan fingerprint density at radius 2 is 0.446 bits per heavy atom. The van der Waals surface area contributed by atoms with Crippen LogP contribution in [-0.2, 0) is 0 Å². The minimum Gasteiger partial charge on any atom is -0.0461 e. The van der Waals surface area contributed by atoms with Crippen molar-refractivity contribution >= 4 is 0 Å². The normalized spacial score (nSPS) is 160. The van der Waals surface area contributed by atoms with Crippen LogP contribution in [0.1, 0.15) is 38.5 Å². The molecule has 0 heterocycles. The van der Waals surface area contributed by atoms with E-state index < -0.39 is 0 Å². The molecule has 0 bridgehead atoms. The molecular weight excluding hydrogens is 1560 g/mol. The van der Waals surface area contributed by atoms with Gasteiger partial charge >= 0.3 is 0 Å². The zero-order valence-corrected chi connectivity index (χ0v) is 69.2. The quantitative estimate of drug-likeness (QED) is 0.227. The maximum Gasteiger partial charge on any atom is -0.00000117 e. The first-order valence-electron chi connectivity index (χ1n) is 64.7. The van der Waals surface area contributed by atoms with Crippen molar-refractivity contribution in [3.63, 3.8) is 0 Å². The van der Waals surface area contributed by atoms with E-state index >= 15 is 0 Å². The summed E-state index contributed by atoms with van der Waals surface area (Å²) in [4.78, 5) is 0. The lowest BCUT2D eigenvalue weighted by atomic mass is 8.17. The van der Waals surface area contributed by atoms with Crippen molar-refractivity contribution in [2.24, 2.45) is 452 Å². The summed E-state index contributed by atoms with van der Waals surface area (Å²) < 4.78 is 0. The van der Waals surface area contributed by atoms with E-state index in [1.807, 2.05) is 25.7 Å². The predicted octanol–water partition coefficient (Wildman–Crippen LogP) is 10.6. The van der Waals surface area contributed by atoms with Crippen molar-refractivity contribution < 1.29 is 0 Å². The summed E-state index contributed by atoms with van der Waals surface area (Å²) in [6.07, 6.45) is 12.2. The standard InChI is InChI=1S/C130H50/c1-2-46-38-12-4-8-15-21-20-14-7-3-9-16-22-26-23-17-10-5-11-18-24-27-29-31-33-32-30-28-25-19-13-6-45(1)39-37-40(46)78-74(37)76(39)54(13,45)58(19)62(25)65(28)67(30)69(32)70(33)68(31)66(29)64(27)61(24)57(18)49(10,11)56(17)60(23)63(26)59(22)55(16)47(7,9)41-35-34-36-42-50(14)52(20)44-53(21)51(15)43-48(8,12)75(38)80(43)84(51)86(53)81(44)85(52)83(50)79(42)73(36)71(34)72(35)77(41,55)89(59)92(63)90(60)87(56,57)91(61)96(64)99(66)101(68)103(70)102(69)100(67)97(65)93(62)88(58,76)95(74)105(78)107(80,82(46,75)78)110(84)112(86)108(81)111(85)109(83)106(79)104(73)98(71)94(72,89)114(92)113(90,91)116(96)117(98,114)122(104)119(99,116)121(101)124(103)123(102)120(100)118(97)115(93,95)125(105,110)128(112,118)127(108,120)130(111,123)129(109,124)126(106,121)122/h7-44H,1-6H2. The Morgan fingerprint density at radius 1 is 0.123 bits per heavy atom. The lowest BCUT2D eigenvalue weighted by molar-refractivity contribution is -1.01. The molecule has 0 aromatic heterocycles. The Morgan fingerprint density at radius 3 is 1.01 bits per heavy atom. The Kier molecular flexibility index (Phi) is 1.57. The van der Waals surface area contributed by atoms with Crippen molar-refractivity contribution in [3.05, 3.63) is 238 Å². The van der Waals surface area contributed by atoms with E-state index in [2.05, 4.69) is 12.8 Å². The fraction of sp³-hybridized carbons (Fsp3) is 1.00. The van der Waals surface area contributed by atoms with Crippen LogP contribution in [0.5, 0.6) is 0 Å². The van der Waals surface area contributed by atoms with E-state index in [9.17, 15) is 0 Å². The van der Waals surface area contributed by atoms with Gasteiger partial charge in [0.25, 0.3) is 0 Å². The number of fused-ring (bicyclic) bond motifs is 24. The topological polar surface area (TPSA) is 0 Å². The summed E-state index contributed by atoms with van der Waals surface area (Å²) in [5, 5.41) is 0. The van der Waals surface area contributed by atoms with E-state index in [0.29, 0.717) is 0 Å². The molecule has 0 aromatic carbocycles. The van der Waals surface area contributed by atoms with Gasteiger partial charge in [0.05, 0.1) is 0 Å². The van der Waals surface area contributed by atoms with E-state index in [1.165, 1.54) is 392 Å². The Labute approximate surface area is 723 Å². The molecule has 86 spiro atoms. The van der Waals surface area contributed by atoms with Gasteiger partial charge in [-0.1, -0.05) is 0 Å². The van der Waals surface area contributed by atoms with Crippen molar-refractivity contribution in [1.82, 2.24) is 0 Å². The van der Waals surface area contributed by atoms with Crippen molar-refractivity contribution in [3.8, 4) is 0 Å². The molecule has 0 radical (unpaired) electrons. The highest BCUT2D eigenvalue weighted by molar-refractivity contribution is 7.02. The first-order valence-corrected chi connectivity index (χ1v) is 64.7. The maximum atomic E-state index is 2.10. The molecule has 0 amide bonds. The lowest BCUT2D eigenvalue weighted by Gasteiger charge is -3.84. The van der Waals surface area contributed by atoms with Gasteiger partial charge in [-0.2, -0.15) is 0 Å². The molecule has 0 aliphatic heterocycles. The minimum atomic E-state index is 1.01. The third kappa shape index (κ3) is 0.675. The molecule has 0 aromatic rings. The molecular formula is C130H50. The van der Waals surface area contributed by atoms with Crippen LogP contribution < -0.4 is 0 Å². The van der Waals surface area contributed by atoms with E-state index in [1.54, 1.807) is 11.8 Å². The van der Waals surface area contributed by atoms with Crippen LogP contribution >= 0.6 is 0 Å². The summed E-state index contributed by atoms with van der Waals surface area (Å²) in [7, 11) is 0. The highest BCUT2D eigenvalue weighted by Crippen LogP contribution is 4.00. The van der Waals surface area contributed by atoms with Gasteiger partial charge in [0, 0.05) is 0 Å².